The summed E-state index contributed by atoms with van der Waals surface area (Å²) in [5.41, 5.74) is 5.22. The van der Waals surface area contributed by atoms with Gasteiger partial charge in [0.05, 0.1) is 6.54 Å². The number of anilines is 2. The first-order valence-electron chi connectivity index (χ1n) is 11.4. The third-order valence-corrected chi connectivity index (χ3v) is 5.77. The fourth-order valence-corrected chi connectivity index (χ4v) is 4.25. The van der Waals surface area contributed by atoms with Crippen molar-refractivity contribution in [3.8, 4) is 0 Å². The van der Waals surface area contributed by atoms with Crippen molar-refractivity contribution in [1.29, 1.82) is 0 Å². The first kappa shape index (κ1) is 24.2. The third kappa shape index (κ3) is 6.45. The molecular weight excluding hydrogens is 382 g/mol. The first-order chi connectivity index (χ1) is 14.2. The second-order valence-corrected chi connectivity index (χ2v) is 9.10. The second-order valence-electron chi connectivity index (χ2n) is 9.10. The van der Waals surface area contributed by atoms with Crippen molar-refractivity contribution in [3.63, 3.8) is 0 Å². The lowest BCUT2D eigenvalue weighted by molar-refractivity contribution is -0.119. The molecule has 1 amide bonds. The zero-order valence-electron chi connectivity index (χ0n) is 19.1. The van der Waals surface area contributed by atoms with E-state index in [-0.39, 0.29) is 29.9 Å². The SMILES string of the molecule is CCCCN(C(=O)CN(C)CC1CCCCC1)c1c(N)n(CC(C)C)c(=O)[nH]c1=O. The third-order valence-electron chi connectivity index (χ3n) is 5.77. The van der Waals surface area contributed by atoms with Crippen molar-refractivity contribution in [1.82, 2.24) is 14.5 Å². The molecular formula is C22H39N5O3. The van der Waals surface area contributed by atoms with Crippen LogP contribution < -0.4 is 21.9 Å². The minimum atomic E-state index is -0.600. The van der Waals surface area contributed by atoms with Crippen LogP contribution in [0.4, 0.5) is 11.5 Å². The van der Waals surface area contributed by atoms with Gasteiger partial charge in [0.15, 0.2) is 5.69 Å². The molecule has 8 heteroatoms. The van der Waals surface area contributed by atoms with E-state index in [0.717, 1.165) is 19.4 Å². The van der Waals surface area contributed by atoms with E-state index < -0.39 is 11.2 Å². The van der Waals surface area contributed by atoms with E-state index in [9.17, 15) is 14.4 Å². The van der Waals surface area contributed by atoms with Gasteiger partial charge in [-0.25, -0.2) is 4.79 Å². The van der Waals surface area contributed by atoms with E-state index in [0.29, 0.717) is 19.0 Å². The van der Waals surface area contributed by atoms with Gasteiger partial charge in [-0.3, -0.25) is 24.0 Å². The van der Waals surface area contributed by atoms with Gasteiger partial charge in [-0.05, 0) is 38.1 Å². The Balaban J connectivity index is 2.26. The van der Waals surface area contributed by atoms with Crippen molar-refractivity contribution in [2.45, 2.75) is 72.3 Å². The van der Waals surface area contributed by atoms with Crippen molar-refractivity contribution in [3.05, 3.63) is 20.8 Å². The lowest BCUT2D eigenvalue weighted by Gasteiger charge is -2.29. The number of carbonyl (C=O) groups excluding carboxylic acids is 1. The number of aromatic nitrogens is 2. The molecule has 0 atom stereocenters. The van der Waals surface area contributed by atoms with E-state index in [1.165, 1.54) is 41.6 Å². The van der Waals surface area contributed by atoms with Gasteiger partial charge in [0, 0.05) is 19.6 Å². The fraction of sp³-hybridized carbons (Fsp3) is 0.773. The van der Waals surface area contributed by atoms with Crippen LogP contribution in [-0.4, -0.2) is 47.0 Å². The standard InChI is InChI=1S/C22H39N5O3/c1-5-6-12-26(18(28)15-25(4)14-17-10-8-7-9-11-17)19-20(23)27(13-16(2)3)22(30)24-21(19)29/h16-17H,5-15,23H2,1-4H3,(H,24,29,30). The summed E-state index contributed by atoms with van der Waals surface area (Å²) >= 11 is 0. The number of hydrogen-bond acceptors (Lipinski definition) is 5. The van der Waals surface area contributed by atoms with E-state index in [4.69, 9.17) is 5.73 Å². The largest absolute Gasteiger partial charge is 0.383 e. The Morgan fingerprint density at radius 3 is 2.50 bits per heavy atom. The topological polar surface area (TPSA) is 104 Å². The van der Waals surface area contributed by atoms with Crippen molar-refractivity contribution in [2.24, 2.45) is 11.8 Å². The molecule has 0 unspecified atom stereocenters. The fourth-order valence-electron chi connectivity index (χ4n) is 4.25. The minimum Gasteiger partial charge on any atom is -0.383 e. The summed E-state index contributed by atoms with van der Waals surface area (Å²) in [6.45, 7) is 7.86. The highest BCUT2D eigenvalue weighted by molar-refractivity contribution is 5.96. The summed E-state index contributed by atoms with van der Waals surface area (Å²) in [6.07, 6.45) is 7.88. The summed E-state index contributed by atoms with van der Waals surface area (Å²) in [5, 5.41) is 0. The summed E-state index contributed by atoms with van der Waals surface area (Å²) in [6, 6.07) is 0. The zero-order valence-corrected chi connectivity index (χ0v) is 19.1. The van der Waals surface area contributed by atoms with Gasteiger partial charge in [-0.15, -0.1) is 0 Å². The average molecular weight is 422 g/mol. The van der Waals surface area contributed by atoms with Crippen LogP contribution in [0.25, 0.3) is 0 Å². The molecule has 1 aliphatic rings. The van der Waals surface area contributed by atoms with E-state index in [1.807, 2.05) is 32.7 Å². The molecule has 8 nitrogen and oxygen atoms in total. The molecule has 0 saturated heterocycles. The number of amides is 1. The van der Waals surface area contributed by atoms with Crippen LogP contribution in [-0.2, 0) is 11.3 Å². The van der Waals surface area contributed by atoms with Crippen LogP contribution in [0, 0.1) is 11.8 Å². The second kappa shape index (κ2) is 11.3. The zero-order chi connectivity index (χ0) is 22.3. The Morgan fingerprint density at radius 2 is 1.90 bits per heavy atom. The highest BCUT2D eigenvalue weighted by Gasteiger charge is 2.25. The van der Waals surface area contributed by atoms with Gasteiger partial charge in [0.2, 0.25) is 5.91 Å². The monoisotopic (exact) mass is 421 g/mol. The Labute approximate surface area is 179 Å². The minimum absolute atomic E-state index is 0.0665. The van der Waals surface area contributed by atoms with Crippen molar-refractivity contribution < 1.29 is 4.79 Å². The quantitative estimate of drug-likeness (QED) is 0.604. The summed E-state index contributed by atoms with van der Waals surface area (Å²) in [7, 11) is 1.96. The normalized spacial score (nSPS) is 15.1. The molecule has 1 aliphatic carbocycles. The number of H-pyrrole nitrogens is 1. The molecule has 1 fully saturated rings. The molecule has 170 valence electrons. The van der Waals surface area contributed by atoms with E-state index in [2.05, 4.69) is 4.98 Å². The Morgan fingerprint density at radius 1 is 1.23 bits per heavy atom. The molecule has 0 bridgehead atoms. The van der Waals surface area contributed by atoms with Crippen molar-refractivity contribution >= 4 is 17.4 Å². The number of nitrogens with one attached hydrogen (secondary N) is 1. The van der Waals surface area contributed by atoms with E-state index >= 15 is 0 Å². The van der Waals surface area contributed by atoms with Crippen LogP contribution in [0.15, 0.2) is 9.59 Å². The average Bonchev–Trinajstić information content (AvgIpc) is 2.68. The summed E-state index contributed by atoms with van der Waals surface area (Å²) < 4.78 is 1.36. The molecule has 1 heterocycles. The van der Waals surface area contributed by atoms with E-state index in [1.54, 1.807) is 0 Å². The number of nitrogens with zero attached hydrogens (tertiary/aromatic N) is 3. The Kier molecular flexibility index (Phi) is 9.14. The van der Waals surface area contributed by atoms with Gasteiger partial charge in [-0.1, -0.05) is 46.5 Å². The number of carbonyl (C=O) groups is 1. The summed E-state index contributed by atoms with van der Waals surface area (Å²) in [4.78, 5) is 44.0. The van der Waals surface area contributed by atoms with Gasteiger partial charge in [0.25, 0.3) is 5.56 Å². The Hall–Kier alpha value is -2.09. The van der Waals surface area contributed by atoms with Crippen LogP contribution in [0.2, 0.25) is 0 Å². The predicted molar refractivity (Wildman–Crippen MR) is 122 cm³/mol. The highest BCUT2D eigenvalue weighted by Crippen LogP contribution is 2.24. The highest BCUT2D eigenvalue weighted by atomic mass is 16.2. The number of nitrogens with two attached hydrogens (primary N) is 1. The van der Waals surface area contributed by atoms with Gasteiger partial charge < -0.3 is 10.6 Å². The maximum atomic E-state index is 13.2. The number of unbranched alkanes of at least 4 members (excludes halogenated alkanes) is 1. The predicted octanol–water partition coefficient (Wildman–Crippen LogP) is 2.42. The maximum Gasteiger partial charge on any atom is 0.330 e. The number of likely N-dealkylation sites (N-methyl/N-ethyl adjacent to an activating group) is 1. The summed E-state index contributed by atoms with van der Waals surface area (Å²) in [5.74, 6) is 0.706. The van der Waals surface area contributed by atoms with Gasteiger partial charge in [0.1, 0.15) is 5.82 Å². The lowest BCUT2D eigenvalue weighted by Crippen LogP contribution is -2.45. The maximum absolute atomic E-state index is 13.2. The number of nitrogen functional groups attached to an aromatic ring is 1. The molecule has 0 aliphatic heterocycles. The molecule has 1 aromatic rings. The van der Waals surface area contributed by atoms with Crippen molar-refractivity contribution in [2.75, 3.05) is 37.3 Å². The van der Waals surface area contributed by atoms with Gasteiger partial charge in [-0.2, -0.15) is 0 Å². The number of rotatable bonds is 10. The molecule has 1 aromatic heterocycles. The molecule has 3 N–H and O–H groups in total. The molecule has 0 radical (unpaired) electrons. The molecule has 30 heavy (non-hydrogen) atoms. The van der Waals surface area contributed by atoms with Crippen LogP contribution in [0.3, 0.4) is 0 Å². The first-order valence-corrected chi connectivity index (χ1v) is 11.4. The lowest BCUT2D eigenvalue weighted by atomic mass is 9.89. The molecule has 0 aromatic carbocycles. The number of aromatic amines is 1. The van der Waals surface area contributed by atoms with Crippen LogP contribution >= 0.6 is 0 Å². The molecule has 2 rings (SSSR count). The smallest absolute Gasteiger partial charge is 0.330 e. The van der Waals surface area contributed by atoms with Crippen LogP contribution in [0.5, 0.6) is 0 Å². The molecule has 1 saturated carbocycles. The Bertz CT molecular complexity index is 808. The van der Waals surface area contributed by atoms with Gasteiger partial charge >= 0.3 is 5.69 Å². The number of hydrogen-bond donors (Lipinski definition) is 2. The molecule has 0 spiro atoms. The van der Waals surface area contributed by atoms with Crippen LogP contribution in [0.1, 0.15) is 65.7 Å².